The van der Waals surface area contributed by atoms with Crippen LogP contribution in [-0.4, -0.2) is 70.0 Å². The molecule has 0 spiro atoms. The number of rotatable bonds is 5. The number of likely N-dealkylation sites (tertiary alicyclic amines) is 1. The second-order valence-corrected chi connectivity index (χ2v) is 8.58. The number of carbonyl (C=O) groups is 1. The maximum absolute atomic E-state index is 11.9. The molecule has 1 atom stereocenters. The van der Waals surface area contributed by atoms with E-state index in [-0.39, 0.29) is 29.9 Å². The normalized spacial score (nSPS) is 27.4. The van der Waals surface area contributed by atoms with E-state index in [1.54, 1.807) is 0 Å². The van der Waals surface area contributed by atoms with E-state index in [2.05, 4.69) is 22.6 Å². The maximum atomic E-state index is 11.9. The van der Waals surface area contributed by atoms with Crippen LogP contribution in [0.15, 0.2) is 0 Å². The number of nitrogens with one attached hydrogen (secondary N) is 2. The summed E-state index contributed by atoms with van der Waals surface area (Å²) in [6.45, 7) is 3.44. The first-order valence-corrected chi connectivity index (χ1v) is 9.66. The van der Waals surface area contributed by atoms with Crippen molar-refractivity contribution in [1.82, 2.24) is 15.5 Å². The lowest BCUT2D eigenvalue weighted by Gasteiger charge is -2.29. The Morgan fingerprint density at radius 1 is 1.33 bits per heavy atom. The van der Waals surface area contributed by atoms with Crippen molar-refractivity contribution < 1.29 is 13.2 Å². The molecule has 2 saturated heterocycles. The van der Waals surface area contributed by atoms with Gasteiger partial charge in [-0.2, -0.15) is 0 Å². The molecule has 2 aliphatic heterocycles. The van der Waals surface area contributed by atoms with Gasteiger partial charge >= 0.3 is 0 Å². The van der Waals surface area contributed by atoms with Gasteiger partial charge in [0.05, 0.1) is 11.5 Å². The van der Waals surface area contributed by atoms with E-state index in [9.17, 15) is 13.2 Å². The lowest BCUT2D eigenvalue weighted by atomic mass is 9.94. The fourth-order valence-corrected chi connectivity index (χ4v) is 4.51. The van der Waals surface area contributed by atoms with Crippen LogP contribution in [0.25, 0.3) is 0 Å². The third kappa shape index (κ3) is 5.92. The van der Waals surface area contributed by atoms with Gasteiger partial charge in [-0.25, -0.2) is 8.42 Å². The molecule has 0 saturated carbocycles. The van der Waals surface area contributed by atoms with Gasteiger partial charge < -0.3 is 15.5 Å². The van der Waals surface area contributed by atoms with Crippen LogP contribution in [0.4, 0.5) is 0 Å². The predicted molar refractivity (Wildman–Crippen MR) is 82.9 cm³/mol. The van der Waals surface area contributed by atoms with Crippen molar-refractivity contribution in [3.63, 3.8) is 0 Å². The molecule has 2 fully saturated rings. The van der Waals surface area contributed by atoms with Gasteiger partial charge in [-0.15, -0.1) is 0 Å². The molecule has 2 rings (SSSR count). The number of hydrogen-bond acceptors (Lipinski definition) is 5. The molecule has 2 aliphatic rings. The van der Waals surface area contributed by atoms with Gasteiger partial charge in [-0.05, 0) is 45.3 Å². The molecule has 0 aromatic rings. The van der Waals surface area contributed by atoms with Crippen molar-refractivity contribution in [1.29, 1.82) is 0 Å². The Hall–Kier alpha value is -0.660. The molecule has 2 heterocycles. The Balaban J connectivity index is 1.61. The van der Waals surface area contributed by atoms with Gasteiger partial charge in [0, 0.05) is 25.6 Å². The quantitative estimate of drug-likeness (QED) is 0.722. The molecule has 7 heteroatoms. The summed E-state index contributed by atoms with van der Waals surface area (Å²) >= 11 is 0. The molecule has 6 nitrogen and oxygen atoms in total. The minimum absolute atomic E-state index is 0.0440. The number of sulfone groups is 1. The zero-order chi connectivity index (χ0) is 15.3. The summed E-state index contributed by atoms with van der Waals surface area (Å²) in [6, 6.07) is -0.230. The zero-order valence-corrected chi connectivity index (χ0v) is 13.6. The molecule has 1 unspecified atom stereocenters. The summed E-state index contributed by atoms with van der Waals surface area (Å²) in [6.07, 6.45) is 3.69. The van der Waals surface area contributed by atoms with Crippen molar-refractivity contribution >= 4 is 15.7 Å². The minimum atomic E-state index is -2.97. The van der Waals surface area contributed by atoms with Crippen LogP contribution >= 0.6 is 0 Å². The van der Waals surface area contributed by atoms with Crippen LogP contribution < -0.4 is 10.6 Å². The SMILES string of the molecule is CN1CCC(CCNC(=O)CC2CS(=O)(=O)CCN2)CC1. The number of piperidine rings is 1. The maximum Gasteiger partial charge on any atom is 0.221 e. The summed E-state index contributed by atoms with van der Waals surface area (Å²) < 4.78 is 23.0. The third-order valence-corrected chi connectivity index (χ3v) is 6.18. The fraction of sp³-hybridized carbons (Fsp3) is 0.929. The standard InChI is InChI=1S/C14H27N3O3S/c1-17-7-3-12(4-8-17)2-5-16-14(18)10-13-11-21(19,20)9-6-15-13/h12-13,15H,2-11H2,1H3,(H,16,18). The molecule has 0 aromatic heterocycles. The largest absolute Gasteiger partial charge is 0.356 e. The Labute approximate surface area is 127 Å². The molecular formula is C14H27N3O3S. The Kier molecular flexibility index (Phi) is 6.01. The van der Waals surface area contributed by atoms with E-state index < -0.39 is 9.84 Å². The van der Waals surface area contributed by atoms with Gasteiger partial charge in [0.1, 0.15) is 0 Å². The summed E-state index contributed by atoms with van der Waals surface area (Å²) in [5.74, 6) is 0.920. The summed E-state index contributed by atoms with van der Waals surface area (Å²) in [5.41, 5.74) is 0. The zero-order valence-electron chi connectivity index (χ0n) is 12.8. The highest BCUT2D eigenvalue weighted by Gasteiger charge is 2.26. The van der Waals surface area contributed by atoms with Crippen LogP contribution in [0.2, 0.25) is 0 Å². The van der Waals surface area contributed by atoms with Gasteiger partial charge in [0.15, 0.2) is 9.84 Å². The Morgan fingerprint density at radius 3 is 2.71 bits per heavy atom. The average molecular weight is 317 g/mol. The molecule has 1 amide bonds. The Bertz CT molecular complexity index is 444. The summed E-state index contributed by atoms with van der Waals surface area (Å²) in [4.78, 5) is 14.2. The van der Waals surface area contributed by atoms with Crippen molar-refractivity contribution in [3.8, 4) is 0 Å². The lowest BCUT2D eigenvalue weighted by molar-refractivity contribution is -0.121. The molecule has 0 aliphatic carbocycles. The number of amides is 1. The summed E-state index contributed by atoms with van der Waals surface area (Å²) in [7, 11) is -0.825. The third-order valence-electron chi connectivity index (χ3n) is 4.45. The number of nitrogens with zero attached hydrogens (tertiary/aromatic N) is 1. The number of hydrogen-bond donors (Lipinski definition) is 2. The first kappa shape index (κ1) is 16.7. The fourth-order valence-electron chi connectivity index (χ4n) is 3.06. The van der Waals surface area contributed by atoms with Crippen molar-refractivity contribution in [2.45, 2.75) is 31.7 Å². The highest BCUT2D eigenvalue weighted by Crippen LogP contribution is 2.18. The molecular weight excluding hydrogens is 290 g/mol. The second-order valence-electron chi connectivity index (χ2n) is 6.35. The van der Waals surface area contributed by atoms with Gasteiger partial charge in [0.25, 0.3) is 0 Å². The molecule has 0 aromatic carbocycles. The monoisotopic (exact) mass is 317 g/mol. The molecule has 0 radical (unpaired) electrons. The van der Waals surface area contributed by atoms with Gasteiger partial charge in [0.2, 0.25) is 5.91 Å². The lowest BCUT2D eigenvalue weighted by Crippen LogP contribution is -2.47. The predicted octanol–water partition coefficient (Wildman–Crippen LogP) is -0.389. The van der Waals surface area contributed by atoms with Crippen LogP contribution in [-0.2, 0) is 14.6 Å². The van der Waals surface area contributed by atoms with Gasteiger partial charge in [-0.1, -0.05) is 0 Å². The molecule has 0 bridgehead atoms. The topological polar surface area (TPSA) is 78.5 Å². The molecule has 2 N–H and O–H groups in total. The molecule has 122 valence electrons. The van der Waals surface area contributed by atoms with E-state index in [0.717, 1.165) is 19.5 Å². The van der Waals surface area contributed by atoms with Crippen LogP contribution in [0.5, 0.6) is 0 Å². The molecule has 21 heavy (non-hydrogen) atoms. The van der Waals surface area contributed by atoms with E-state index in [4.69, 9.17) is 0 Å². The van der Waals surface area contributed by atoms with E-state index in [1.807, 2.05) is 0 Å². The van der Waals surface area contributed by atoms with Crippen LogP contribution in [0.3, 0.4) is 0 Å². The van der Waals surface area contributed by atoms with Gasteiger partial charge in [-0.3, -0.25) is 4.79 Å². The summed E-state index contributed by atoms with van der Waals surface area (Å²) in [5, 5.41) is 6.03. The van der Waals surface area contributed by atoms with Crippen LogP contribution in [0, 0.1) is 5.92 Å². The van der Waals surface area contributed by atoms with E-state index in [0.29, 0.717) is 19.0 Å². The first-order chi connectivity index (χ1) is 9.94. The Morgan fingerprint density at radius 2 is 2.05 bits per heavy atom. The van der Waals surface area contributed by atoms with Crippen molar-refractivity contribution in [3.05, 3.63) is 0 Å². The highest BCUT2D eigenvalue weighted by molar-refractivity contribution is 7.91. The van der Waals surface area contributed by atoms with E-state index in [1.165, 1.54) is 12.8 Å². The number of carbonyl (C=O) groups excluding carboxylic acids is 1. The first-order valence-electron chi connectivity index (χ1n) is 7.84. The highest BCUT2D eigenvalue weighted by atomic mass is 32.2. The minimum Gasteiger partial charge on any atom is -0.356 e. The average Bonchev–Trinajstić information content (AvgIpc) is 2.40. The van der Waals surface area contributed by atoms with E-state index >= 15 is 0 Å². The second kappa shape index (κ2) is 7.56. The van der Waals surface area contributed by atoms with Crippen LogP contribution in [0.1, 0.15) is 25.7 Å². The smallest absolute Gasteiger partial charge is 0.221 e. The van der Waals surface area contributed by atoms with Crippen molar-refractivity contribution in [2.75, 3.05) is 44.7 Å². The van der Waals surface area contributed by atoms with Crippen molar-refractivity contribution in [2.24, 2.45) is 5.92 Å².